The summed E-state index contributed by atoms with van der Waals surface area (Å²) in [6.45, 7) is 5.92. The molecule has 0 aliphatic rings. The van der Waals surface area contributed by atoms with Crippen molar-refractivity contribution in [3.63, 3.8) is 0 Å². The van der Waals surface area contributed by atoms with E-state index in [1.807, 2.05) is 62.4 Å². The van der Waals surface area contributed by atoms with Crippen LogP contribution < -0.4 is 11.2 Å². The number of nitrogens with one attached hydrogen (secondary N) is 1. The van der Waals surface area contributed by atoms with E-state index in [4.69, 9.17) is 5.84 Å². The molecule has 0 saturated carbocycles. The second-order valence-electron chi connectivity index (χ2n) is 6.29. The van der Waals surface area contributed by atoms with Gasteiger partial charge in [-0.05, 0) is 43.5 Å². The van der Waals surface area contributed by atoms with Gasteiger partial charge in [0.2, 0.25) is 11.1 Å². The first-order valence-corrected chi connectivity index (χ1v) is 9.70. The number of benzene rings is 2. The van der Waals surface area contributed by atoms with E-state index in [2.05, 4.69) is 22.4 Å². The molecule has 140 valence electrons. The number of hydrogen-bond donors (Lipinski definition) is 2. The van der Waals surface area contributed by atoms with Crippen molar-refractivity contribution in [1.82, 2.24) is 14.9 Å². The molecule has 3 N–H and O–H groups in total. The van der Waals surface area contributed by atoms with E-state index in [1.54, 1.807) is 0 Å². The Hall–Kier alpha value is -2.80. The van der Waals surface area contributed by atoms with Gasteiger partial charge < -0.3 is 11.2 Å². The van der Waals surface area contributed by atoms with Crippen molar-refractivity contribution in [2.24, 2.45) is 0 Å². The van der Waals surface area contributed by atoms with Crippen molar-refractivity contribution < 1.29 is 4.79 Å². The lowest BCUT2D eigenvalue weighted by molar-refractivity contribution is -0.115. The summed E-state index contributed by atoms with van der Waals surface area (Å²) in [5.41, 5.74) is 4.00. The van der Waals surface area contributed by atoms with Crippen LogP contribution in [0, 0.1) is 6.92 Å². The molecule has 3 rings (SSSR count). The van der Waals surface area contributed by atoms with Crippen molar-refractivity contribution in [2.75, 3.05) is 11.2 Å². The van der Waals surface area contributed by atoms with Gasteiger partial charge in [-0.25, -0.2) is 4.68 Å². The molecule has 6 nitrogen and oxygen atoms in total. The van der Waals surface area contributed by atoms with Gasteiger partial charge >= 0.3 is 0 Å². The molecule has 1 atom stereocenters. The molecule has 0 radical (unpaired) electrons. The van der Waals surface area contributed by atoms with Gasteiger partial charge in [-0.3, -0.25) is 4.79 Å². The smallest absolute Gasteiger partial charge is 0.237 e. The maximum absolute atomic E-state index is 12.5. The zero-order chi connectivity index (χ0) is 19.4. The van der Waals surface area contributed by atoms with Crippen molar-refractivity contribution in [2.45, 2.75) is 37.6 Å². The van der Waals surface area contributed by atoms with E-state index in [9.17, 15) is 4.79 Å². The SMILES string of the molecule is CCc1ccc(NC(=O)[C@H](C)Sc2nnc(-c3ccccc3C)n2N)cc1. The Kier molecular flexibility index (Phi) is 5.81. The van der Waals surface area contributed by atoms with E-state index >= 15 is 0 Å². The van der Waals surface area contributed by atoms with Gasteiger partial charge in [0.1, 0.15) is 0 Å². The van der Waals surface area contributed by atoms with Crippen LogP contribution in [0.3, 0.4) is 0 Å². The molecular weight excluding hydrogens is 358 g/mol. The number of nitrogens with zero attached hydrogens (tertiary/aromatic N) is 3. The molecule has 3 aromatic rings. The van der Waals surface area contributed by atoms with Crippen molar-refractivity contribution in [3.8, 4) is 11.4 Å². The minimum Gasteiger partial charge on any atom is -0.335 e. The average molecular weight is 382 g/mol. The van der Waals surface area contributed by atoms with E-state index in [0.717, 1.165) is 23.2 Å². The molecule has 0 aliphatic heterocycles. The molecule has 0 fully saturated rings. The number of anilines is 1. The summed E-state index contributed by atoms with van der Waals surface area (Å²) in [5.74, 6) is 6.65. The number of hydrogen-bond acceptors (Lipinski definition) is 5. The Labute approximate surface area is 163 Å². The minimum absolute atomic E-state index is 0.107. The molecule has 7 heteroatoms. The first-order valence-electron chi connectivity index (χ1n) is 8.82. The third-order valence-corrected chi connectivity index (χ3v) is 5.39. The predicted molar refractivity (Wildman–Crippen MR) is 110 cm³/mol. The summed E-state index contributed by atoms with van der Waals surface area (Å²) in [5, 5.41) is 11.4. The number of nitrogens with two attached hydrogens (primary N) is 1. The number of aromatic nitrogens is 3. The van der Waals surface area contributed by atoms with Crippen LogP contribution in [0.5, 0.6) is 0 Å². The van der Waals surface area contributed by atoms with Gasteiger partial charge in [0.25, 0.3) is 0 Å². The highest BCUT2D eigenvalue weighted by Gasteiger charge is 2.20. The van der Waals surface area contributed by atoms with Crippen LogP contribution in [0.1, 0.15) is 25.0 Å². The molecule has 1 heterocycles. The minimum atomic E-state index is -0.368. The molecule has 0 bridgehead atoms. The van der Waals surface area contributed by atoms with Gasteiger partial charge in [0.05, 0.1) is 5.25 Å². The maximum atomic E-state index is 12.5. The Morgan fingerprint density at radius 3 is 2.56 bits per heavy atom. The number of nitrogen functional groups attached to an aromatic ring is 1. The zero-order valence-corrected chi connectivity index (χ0v) is 16.5. The van der Waals surface area contributed by atoms with Gasteiger partial charge in [0.15, 0.2) is 5.82 Å². The third-order valence-electron chi connectivity index (χ3n) is 4.33. The standard InChI is InChI=1S/C20H23N5OS/c1-4-15-9-11-16(12-10-15)22-19(26)14(3)27-20-24-23-18(25(20)21)17-8-6-5-7-13(17)2/h5-12,14H,4,21H2,1-3H3,(H,22,26)/t14-/m0/s1. The topological polar surface area (TPSA) is 85.8 Å². The molecule has 2 aromatic carbocycles. The predicted octanol–water partition coefficient (Wildman–Crippen LogP) is 3.65. The fraction of sp³-hybridized carbons (Fsp3) is 0.250. The molecule has 1 amide bonds. The Bertz CT molecular complexity index is 936. The summed E-state index contributed by atoms with van der Waals surface area (Å²) in [6.07, 6.45) is 0.968. The van der Waals surface area contributed by atoms with Crippen LogP contribution in [0.25, 0.3) is 11.4 Å². The molecule has 0 spiro atoms. The molecular formula is C20H23N5OS. The monoisotopic (exact) mass is 381 g/mol. The number of aryl methyl sites for hydroxylation is 2. The molecule has 0 unspecified atom stereocenters. The Balaban J connectivity index is 1.69. The van der Waals surface area contributed by atoms with E-state index < -0.39 is 0 Å². The lowest BCUT2D eigenvalue weighted by atomic mass is 10.1. The maximum Gasteiger partial charge on any atom is 0.237 e. The van der Waals surface area contributed by atoms with Crippen molar-refractivity contribution >= 4 is 23.4 Å². The van der Waals surface area contributed by atoms with Gasteiger partial charge in [-0.2, -0.15) is 0 Å². The highest BCUT2D eigenvalue weighted by Crippen LogP contribution is 2.27. The lowest BCUT2D eigenvalue weighted by Gasteiger charge is -2.12. The summed E-state index contributed by atoms with van der Waals surface area (Å²) in [4.78, 5) is 12.5. The molecule has 27 heavy (non-hydrogen) atoms. The number of carbonyl (C=O) groups is 1. The van der Waals surface area contributed by atoms with Crippen LogP contribution in [0.2, 0.25) is 0 Å². The summed E-state index contributed by atoms with van der Waals surface area (Å²) < 4.78 is 1.44. The quantitative estimate of drug-likeness (QED) is 0.503. The van der Waals surface area contributed by atoms with Crippen molar-refractivity contribution in [1.29, 1.82) is 0 Å². The second-order valence-corrected chi connectivity index (χ2v) is 7.60. The van der Waals surface area contributed by atoms with E-state index in [0.29, 0.717) is 11.0 Å². The molecule has 0 aliphatic carbocycles. The number of amides is 1. The highest BCUT2D eigenvalue weighted by molar-refractivity contribution is 8.00. The molecule has 0 saturated heterocycles. The Morgan fingerprint density at radius 2 is 1.89 bits per heavy atom. The molecule has 1 aromatic heterocycles. The number of carbonyl (C=O) groups excluding carboxylic acids is 1. The van der Waals surface area contributed by atoms with Crippen LogP contribution >= 0.6 is 11.8 Å². The van der Waals surface area contributed by atoms with E-state index in [1.165, 1.54) is 22.0 Å². The number of rotatable bonds is 6. The van der Waals surface area contributed by atoms with Crippen LogP contribution in [-0.2, 0) is 11.2 Å². The van der Waals surface area contributed by atoms with Gasteiger partial charge in [0, 0.05) is 11.3 Å². The summed E-state index contributed by atoms with van der Waals surface area (Å²) in [6, 6.07) is 15.7. The van der Waals surface area contributed by atoms with Crippen molar-refractivity contribution in [3.05, 3.63) is 59.7 Å². The zero-order valence-electron chi connectivity index (χ0n) is 15.6. The van der Waals surface area contributed by atoms with Crippen LogP contribution in [-0.4, -0.2) is 26.0 Å². The number of thioether (sulfide) groups is 1. The Morgan fingerprint density at radius 1 is 1.19 bits per heavy atom. The first-order chi connectivity index (χ1) is 13.0. The fourth-order valence-electron chi connectivity index (χ4n) is 2.64. The lowest BCUT2D eigenvalue weighted by Crippen LogP contribution is -2.23. The first kappa shape index (κ1) is 19.0. The van der Waals surface area contributed by atoms with Gasteiger partial charge in [-0.15, -0.1) is 10.2 Å². The van der Waals surface area contributed by atoms with Crippen LogP contribution in [0.15, 0.2) is 53.7 Å². The second kappa shape index (κ2) is 8.26. The third kappa shape index (κ3) is 4.31. The summed E-state index contributed by atoms with van der Waals surface area (Å²) in [7, 11) is 0. The largest absolute Gasteiger partial charge is 0.335 e. The average Bonchev–Trinajstić information content (AvgIpc) is 3.03. The van der Waals surface area contributed by atoms with E-state index in [-0.39, 0.29) is 11.2 Å². The van der Waals surface area contributed by atoms with Crippen LogP contribution in [0.4, 0.5) is 5.69 Å². The normalized spacial score (nSPS) is 12.0. The van der Waals surface area contributed by atoms with Gasteiger partial charge in [-0.1, -0.05) is 55.1 Å². The summed E-state index contributed by atoms with van der Waals surface area (Å²) >= 11 is 1.28. The highest BCUT2D eigenvalue weighted by atomic mass is 32.2. The fourth-order valence-corrected chi connectivity index (χ4v) is 3.41.